The third kappa shape index (κ3) is 4.91. The third-order valence-electron chi connectivity index (χ3n) is 3.79. The number of nitrogens with one attached hydrogen (secondary N) is 2. The van der Waals surface area contributed by atoms with Gasteiger partial charge in [0.05, 0.1) is 12.3 Å². The van der Waals surface area contributed by atoms with Gasteiger partial charge in [-0.1, -0.05) is 64.5 Å². The summed E-state index contributed by atoms with van der Waals surface area (Å²) < 4.78 is 27.5. The molecule has 0 aliphatic rings. The van der Waals surface area contributed by atoms with Crippen molar-refractivity contribution in [2.24, 2.45) is 0 Å². The lowest BCUT2D eigenvalue weighted by Gasteiger charge is -2.10. The van der Waals surface area contributed by atoms with Gasteiger partial charge in [-0.25, -0.2) is 13.1 Å². The van der Waals surface area contributed by atoms with Crippen molar-refractivity contribution in [2.45, 2.75) is 5.75 Å². The predicted molar refractivity (Wildman–Crippen MR) is 107 cm³/mol. The largest absolute Gasteiger partial charge is 0.324 e. The van der Waals surface area contributed by atoms with Crippen molar-refractivity contribution in [3.05, 3.63) is 76.8 Å². The van der Waals surface area contributed by atoms with Gasteiger partial charge in [-0.3, -0.25) is 4.79 Å². The van der Waals surface area contributed by atoms with E-state index in [2.05, 4.69) is 26.0 Å². The number of amides is 1. The van der Waals surface area contributed by atoms with Crippen molar-refractivity contribution in [1.82, 2.24) is 4.72 Å². The summed E-state index contributed by atoms with van der Waals surface area (Å²) in [4.78, 5) is 12.2. The quantitative estimate of drug-likeness (QED) is 0.623. The second-order valence-electron chi connectivity index (χ2n) is 5.78. The lowest BCUT2D eigenvalue weighted by molar-refractivity contribution is -0.115. The Morgan fingerprint density at radius 1 is 0.923 bits per heavy atom. The monoisotopic (exact) mass is 432 g/mol. The molecule has 0 fully saturated rings. The molecule has 0 aromatic heterocycles. The van der Waals surface area contributed by atoms with Gasteiger partial charge in [0.1, 0.15) is 0 Å². The van der Waals surface area contributed by atoms with Gasteiger partial charge in [-0.2, -0.15) is 0 Å². The Balaban J connectivity index is 1.62. The summed E-state index contributed by atoms with van der Waals surface area (Å²) >= 11 is 3.31. The Labute approximate surface area is 160 Å². The second kappa shape index (κ2) is 7.99. The minimum absolute atomic E-state index is 0.179. The van der Waals surface area contributed by atoms with E-state index < -0.39 is 15.9 Å². The SMILES string of the molecule is O=C(CNS(=O)(=O)Cc1ccc(Br)cc1)Nc1cccc2ccccc12. The Bertz CT molecular complexity index is 1030. The first-order chi connectivity index (χ1) is 12.4. The van der Waals surface area contributed by atoms with Gasteiger partial charge in [-0.15, -0.1) is 0 Å². The topological polar surface area (TPSA) is 75.3 Å². The van der Waals surface area contributed by atoms with E-state index in [-0.39, 0.29) is 12.3 Å². The van der Waals surface area contributed by atoms with Crippen molar-refractivity contribution >= 4 is 48.3 Å². The van der Waals surface area contributed by atoms with Crippen LogP contribution in [0.3, 0.4) is 0 Å². The maximum atomic E-state index is 12.2. The molecule has 0 spiro atoms. The zero-order valence-corrected chi connectivity index (χ0v) is 16.2. The van der Waals surface area contributed by atoms with Crippen LogP contribution in [0.2, 0.25) is 0 Å². The molecule has 0 radical (unpaired) electrons. The average Bonchev–Trinajstić information content (AvgIpc) is 2.62. The van der Waals surface area contributed by atoms with Crippen LogP contribution >= 0.6 is 15.9 Å². The number of hydrogen-bond acceptors (Lipinski definition) is 3. The molecule has 0 saturated heterocycles. The number of halogens is 1. The van der Waals surface area contributed by atoms with Crippen LogP contribution in [0.15, 0.2) is 71.2 Å². The summed E-state index contributed by atoms with van der Waals surface area (Å²) in [6, 6.07) is 20.2. The van der Waals surface area contributed by atoms with Crippen LogP contribution in [-0.2, 0) is 20.6 Å². The van der Waals surface area contributed by atoms with Crippen LogP contribution in [0.1, 0.15) is 5.56 Å². The number of sulfonamides is 1. The highest BCUT2D eigenvalue weighted by Gasteiger charge is 2.14. The summed E-state index contributed by atoms with van der Waals surface area (Å²) in [5.74, 6) is -0.595. The second-order valence-corrected chi connectivity index (χ2v) is 8.50. The van der Waals surface area contributed by atoms with Gasteiger partial charge in [0.15, 0.2) is 0 Å². The number of benzene rings is 3. The molecule has 3 aromatic carbocycles. The summed E-state index contributed by atoms with van der Waals surface area (Å²) in [5, 5.41) is 4.66. The van der Waals surface area contributed by atoms with E-state index in [1.54, 1.807) is 30.3 Å². The predicted octanol–water partition coefficient (Wildman–Crippen LogP) is 3.66. The highest BCUT2D eigenvalue weighted by atomic mass is 79.9. The summed E-state index contributed by atoms with van der Waals surface area (Å²) in [6.45, 7) is -0.317. The lowest BCUT2D eigenvalue weighted by atomic mass is 10.1. The average molecular weight is 433 g/mol. The minimum Gasteiger partial charge on any atom is -0.324 e. The number of rotatable bonds is 6. The third-order valence-corrected chi connectivity index (χ3v) is 5.61. The molecule has 0 atom stereocenters. The van der Waals surface area contributed by atoms with Crippen LogP contribution in [-0.4, -0.2) is 20.9 Å². The molecular weight excluding hydrogens is 416 g/mol. The molecule has 7 heteroatoms. The summed E-state index contributed by atoms with van der Waals surface area (Å²) in [7, 11) is -3.60. The molecule has 134 valence electrons. The first kappa shape index (κ1) is 18.6. The zero-order chi connectivity index (χ0) is 18.6. The van der Waals surface area contributed by atoms with Gasteiger partial charge in [-0.05, 0) is 29.1 Å². The number of carbonyl (C=O) groups is 1. The lowest BCUT2D eigenvalue weighted by Crippen LogP contribution is -2.33. The number of fused-ring (bicyclic) bond motifs is 1. The Morgan fingerprint density at radius 3 is 2.38 bits per heavy atom. The van der Waals surface area contributed by atoms with Gasteiger partial charge >= 0.3 is 0 Å². The molecule has 0 aliphatic heterocycles. The van der Waals surface area contributed by atoms with Crippen molar-refractivity contribution in [3.63, 3.8) is 0 Å². The first-order valence-corrected chi connectivity index (χ1v) is 10.4. The molecule has 5 nitrogen and oxygen atoms in total. The van der Waals surface area contributed by atoms with E-state index in [1.807, 2.05) is 36.4 Å². The van der Waals surface area contributed by atoms with Crippen LogP contribution < -0.4 is 10.0 Å². The van der Waals surface area contributed by atoms with Crippen molar-refractivity contribution in [1.29, 1.82) is 0 Å². The van der Waals surface area contributed by atoms with Crippen LogP contribution in [0.4, 0.5) is 5.69 Å². The highest BCUT2D eigenvalue weighted by molar-refractivity contribution is 9.10. The fourth-order valence-electron chi connectivity index (χ4n) is 2.56. The minimum atomic E-state index is -3.60. The first-order valence-electron chi connectivity index (χ1n) is 7.92. The molecule has 3 aromatic rings. The maximum absolute atomic E-state index is 12.2. The van der Waals surface area contributed by atoms with Crippen molar-refractivity contribution in [2.75, 3.05) is 11.9 Å². The Morgan fingerprint density at radius 2 is 1.62 bits per heavy atom. The van der Waals surface area contributed by atoms with Crippen LogP contribution in [0.25, 0.3) is 10.8 Å². The summed E-state index contributed by atoms with van der Waals surface area (Å²) in [5.41, 5.74) is 1.30. The molecule has 0 aliphatic carbocycles. The maximum Gasteiger partial charge on any atom is 0.239 e. The normalized spacial score (nSPS) is 11.4. The number of anilines is 1. The summed E-state index contributed by atoms with van der Waals surface area (Å²) in [6.07, 6.45) is 0. The fourth-order valence-corrected chi connectivity index (χ4v) is 3.90. The highest BCUT2D eigenvalue weighted by Crippen LogP contribution is 2.22. The Kier molecular flexibility index (Phi) is 5.70. The number of hydrogen-bond donors (Lipinski definition) is 2. The van der Waals surface area contributed by atoms with Crippen LogP contribution in [0, 0.1) is 0 Å². The van der Waals surface area contributed by atoms with Gasteiger partial charge < -0.3 is 5.32 Å². The Hall–Kier alpha value is -2.22. The molecule has 0 saturated carbocycles. The van der Waals surface area contributed by atoms with E-state index in [4.69, 9.17) is 0 Å². The smallest absolute Gasteiger partial charge is 0.239 e. The van der Waals surface area contributed by atoms with Crippen molar-refractivity contribution < 1.29 is 13.2 Å². The molecule has 1 amide bonds. The van der Waals surface area contributed by atoms with E-state index in [0.29, 0.717) is 11.3 Å². The van der Waals surface area contributed by atoms with Crippen LogP contribution in [0.5, 0.6) is 0 Å². The molecule has 0 unspecified atom stereocenters. The fraction of sp³-hybridized carbons (Fsp3) is 0.105. The molecule has 0 bridgehead atoms. The molecular formula is C19H17BrN2O3S. The molecule has 26 heavy (non-hydrogen) atoms. The number of carbonyl (C=O) groups excluding carboxylic acids is 1. The van der Waals surface area contributed by atoms with Gasteiger partial charge in [0.25, 0.3) is 0 Å². The standard InChI is InChI=1S/C19H17BrN2O3S/c20-16-10-8-14(9-11-16)13-26(24,25)21-12-19(23)22-18-7-3-5-15-4-1-2-6-17(15)18/h1-11,21H,12-13H2,(H,22,23). The molecule has 3 rings (SSSR count). The van der Waals surface area contributed by atoms with E-state index in [1.165, 1.54) is 0 Å². The van der Waals surface area contributed by atoms with E-state index in [0.717, 1.165) is 15.2 Å². The molecule has 0 heterocycles. The van der Waals surface area contributed by atoms with Crippen molar-refractivity contribution in [3.8, 4) is 0 Å². The van der Waals surface area contributed by atoms with E-state index >= 15 is 0 Å². The molecule has 2 N–H and O–H groups in total. The van der Waals surface area contributed by atoms with Gasteiger partial charge in [0.2, 0.25) is 15.9 Å². The van der Waals surface area contributed by atoms with E-state index in [9.17, 15) is 13.2 Å². The zero-order valence-electron chi connectivity index (χ0n) is 13.8. The van der Waals surface area contributed by atoms with Gasteiger partial charge in [0, 0.05) is 15.5 Å².